The molecule has 0 aliphatic carbocycles. The van der Waals surface area contributed by atoms with Crippen molar-refractivity contribution in [3.05, 3.63) is 57.3 Å². The highest BCUT2D eigenvalue weighted by Crippen LogP contribution is 2.14. The van der Waals surface area contributed by atoms with Gasteiger partial charge in [-0.1, -0.05) is 24.3 Å². The van der Waals surface area contributed by atoms with E-state index < -0.39 is 5.91 Å². The highest BCUT2D eigenvalue weighted by Gasteiger charge is 2.04. The van der Waals surface area contributed by atoms with E-state index in [-0.39, 0.29) is 6.61 Å². The minimum Gasteiger partial charge on any atom is -0.392 e. The summed E-state index contributed by atoms with van der Waals surface area (Å²) in [6, 6.07) is 9.61. The lowest BCUT2D eigenvalue weighted by atomic mass is 10.1. The summed E-state index contributed by atoms with van der Waals surface area (Å²) in [5.74, 6) is -0.391. The number of hydrogen-bond donors (Lipinski definition) is 3. The summed E-state index contributed by atoms with van der Waals surface area (Å²) in [7, 11) is 0. The maximum atomic E-state index is 11.0. The third kappa shape index (κ3) is 3.89. The van der Waals surface area contributed by atoms with Crippen molar-refractivity contribution in [3.63, 3.8) is 0 Å². The number of rotatable bonds is 6. The summed E-state index contributed by atoms with van der Waals surface area (Å²) in [4.78, 5) is 12.0. The number of aliphatic hydroxyl groups is 1. The number of amides is 1. The molecule has 2 aromatic rings. The van der Waals surface area contributed by atoms with Crippen LogP contribution in [0.5, 0.6) is 0 Å². The Kier molecular flexibility index (Phi) is 4.68. The molecule has 0 aliphatic rings. The summed E-state index contributed by atoms with van der Waals surface area (Å²) < 4.78 is 0. The number of nitrogens with two attached hydrogens (primary N) is 1. The molecule has 0 bridgehead atoms. The lowest BCUT2D eigenvalue weighted by Crippen LogP contribution is -2.12. The first-order valence-electron chi connectivity index (χ1n) is 5.95. The third-order valence-electron chi connectivity index (χ3n) is 2.74. The van der Waals surface area contributed by atoms with Gasteiger partial charge in [0.05, 0.1) is 12.2 Å². The predicted octanol–water partition coefficient (Wildman–Crippen LogP) is 1.63. The zero-order chi connectivity index (χ0) is 13.7. The van der Waals surface area contributed by atoms with Crippen LogP contribution in [0.2, 0.25) is 0 Å². The van der Waals surface area contributed by atoms with E-state index in [1.54, 1.807) is 5.38 Å². The van der Waals surface area contributed by atoms with Crippen molar-refractivity contribution in [3.8, 4) is 0 Å². The molecule has 4 nitrogen and oxygen atoms in total. The molecule has 1 heterocycles. The van der Waals surface area contributed by atoms with E-state index in [0.717, 1.165) is 22.5 Å². The van der Waals surface area contributed by atoms with Crippen LogP contribution in [0.25, 0.3) is 0 Å². The Hall–Kier alpha value is -1.69. The summed E-state index contributed by atoms with van der Waals surface area (Å²) in [5, 5.41) is 14.1. The van der Waals surface area contributed by atoms with Gasteiger partial charge >= 0.3 is 0 Å². The summed E-state index contributed by atoms with van der Waals surface area (Å²) in [5.41, 5.74) is 7.79. The number of nitrogens with one attached hydrogen (secondary N) is 1. The van der Waals surface area contributed by atoms with E-state index in [1.807, 2.05) is 30.3 Å². The van der Waals surface area contributed by atoms with Crippen LogP contribution in [0, 0.1) is 0 Å². The smallest absolute Gasteiger partial charge is 0.249 e. The lowest BCUT2D eigenvalue weighted by Gasteiger charge is -2.05. The van der Waals surface area contributed by atoms with Crippen molar-refractivity contribution < 1.29 is 9.90 Å². The van der Waals surface area contributed by atoms with E-state index >= 15 is 0 Å². The van der Waals surface area contributed by atoms with Crippen molar-refractivity contribution in [1.29, 1.82) is 0 Å². The Morgan fingerprint density at radius 3 is 2.74 bits per heavy atom. The van der Waals surface area contributed by atoms with E-state index in [2.05, 4.69) is 5.32 Å². The number of carbonyl (C=O) groups is 1. The van der Waals surface area contributed by atoms with Crippen molar-refractivity contribution in [1.82, 2.24) is 5.32 Å². The van der Waals surface area contributed by atoms with Crippen LogP contribution in [0.15, 0.2) is 35.7 Å². The van der Waals surface area contributed by atoms with Gasteiger partial charge in [0.2, 0.25) is 5.91 Å². The van der Waals surface area contributed by atoms with Crippen LogP contribution in [-0.4, -0.2) is 11.0 Å². The molecule has 4 N–H and O–H groups in total. The van der Waals surface area contributed by atoms with Gasteiger partial charge in [-0.3, -0.25) is 4.79 Å². The molecule has 19 heavy (non-hydrogen) atoms. The van der Waals surface area contributed by atoms with E-state index in [9.17, 15) is 4.79 Å². The second-order valence-electron chi connectivity index (χ2n) is 4.25. The monoisotopic (exact) mass is 276 g/mol. The Labute approximate surface area is 115 Å². The van der Waals surface area contributed by atoms with Gasteiger partial charge in [-0.2, -0.15) is 0 Å². The van der Waals surface area contributed by atoms with Gasteiger partial charge in [-0.15, -0.1) is 11.3 Å². The number of primary amides is 1. The second-order valence-corrected chi connectivity index (χ2v) is 5.24. The maximum Gasteiger partial charge on any atom is 0.249 e. The number of carbonyl (C=O) groups excluding carboxylic acids is 1. The molecular formula is C14H16N2O2S. The van der Waals surface area contributed by atoms with Crippen LogP contribution < -0.4 is 11.1 Å². The van der Waals surface area contributed by atoms with Gasteiger partial charge in [0.15, 0.2) is 0 Å². The highest BCUT2D eigenvalue weighted by molar-refractivity contribution is 7.10. The SMILES string of the molecule is NC(=O)c1csc(CNCc2cccc(CO)c2)c1. The molecule has 0 radical (unpaired) electrons. The largest absolute Gasteiger partial charge is 0.392 e. The van der Waals surface area contributed by atoms with Gasteiger partial charge < -0.3 is 16.2 Å². The van der Waals surface area contributed by atoms with E-state index in [4.69, 9.17) is 10.8 Å². The molecular weight excluding hydrogens is 260 g/mol. The highest BCUT2D eigenvalue weighted by atomic mass is 32.1. The Morgan fingerprint density at radius 1 is 1.26 bits per heavy atom. The van der Waals surface area contributed by atoms with Crippen molar-refractivity contribution in [2.45, 2.75) is 19.7 Å². The van der Waals surface area contributed by atoms with Gasteiger partial charge in [0, 0.05) is 23.3 Å². The molecule has 0 spiro atoms. The van der Waals surface area contributed by atoms with E-state index in [1.165, 1.54) is 11.3 Å². The van der Waals surface area contributed by atoms with Crippen molar-refractivity contribution in [2.75, 3.05) is 0 Å². The number of aliphatic hydroxyl groups excluding tert-OH is 1. The molecule has 0 aliphatic heterocycles. The number of thiophene rings is 1. The first kappa shape index (κ1) is 13.7. The normalized spacial score (nSPS) is 10.6. The maximum absolute atomic E-state index is 11.0. The molecule has 0 unspecified atom stereocenters. The fraction of sp³-hybridized carbons (Fsp3) is 0.214. The summed E-state index contributed by atoms with van der Waals surface area (Å²) in [6.07, 6.45) is 0. The molecule has 0 saturated carbocycles. The minimum atomic E-state index is -0.391. The fourth-order valence-corrected chi connectivity index (χ4v) is 2.61. The molecule has 2 rings (SSSR count). The number of benzene rings is 1. The fourth-order valence-electron chi connectivity index (χ4n) is 1.77. The Bertz CT molecular complexity index is 566. The van der Waals surface area contributed by atoms with Crippen LogP contribution >= 0.6 is 11.3 Å². The molecule has 0 atom stereocenters. The topological polar surface area (TPSA) is 75.4 Å². The van der Waals surface area contributed by atoms with Crippen LogP contribution in [0.4, 0.5) is 0 Å². The van der Waals surface area contributed by atoms with Gasteiger partial charge in [-0.25, -0.2) is 0 Å². The zero-order valence-electron chi connectivity index (χ0n) is 10.4. The lowest BCUT2D eigenvalue weighted by molar-refractivity contribution is 0.100. The minimum absolute atomic E-state index is 0.0563. The molecule has 1 aromatic heterocycles. The van der Waals surface area contributed by atoms with Crippen LogP contribution in [0.3, 0.4) is 0 Å². The van der Waals surface area contributed by atoms with Crippen molar-refractivity contribution >= 4 is 17.2 Å². The second kappa shape index (κ2) is 6.47. The first-order chi connectivity index (χ1) is 9.19. The Morgan fingerprint density at radius 2 is 2.05 bits per heavy atom. The molecule has 1 amide bonds. The summed E-state index contributed by atoms with van der Waals surface area (Å²) >= 11 is 1.52. The molecule has 5 heteroatoms. The van der Waals surface area contributed by atoms with Gasteiger partial charge in [-0.05, 0) is 17.2 Å². The summed E-state index contributed by atoms with van der Waals surface area (Å²) in [6.45, 7) is 1.47. The molecule has 1 aromatic carbocycles. The van der Waals surface area contributed by atoms with Crippen LogP contribution in [0.1, 0.15) is 26.4 Å². The number of hydrogen-bond acceptors (Lipinski definition) is 4. The average Bonchev–Trinajstić information content (AvgIpc) is 2.88. The van der Waals surface area contributed by atoms with Crippen LogP contribution in [-0.2, 0) is 19.7 Å². The molecule has 0 saturated heterocycles. The molecule has 0 fully saturated rings. The first-order valence-corrected chi connectivity index (χ1v) is 6.83. The quantitative estimate of drug-likeness (QED) is 0.750. The van der Waals surface area contributed by atoms with E-state index in [0.29, 0.717) is 12.1 Å². The van der Waals surface area contributed by atoms with Gasteiger partial charge in [0.1, 0.15) is 0 Å². The molecule has 100 valence electrons. The zero-order valence-corrected chi connectivity index (χ0v) is 11.2. The predicted molar refractivity (Wildman–Crippen MR) is 75.7 cm³/mol. The third-order valence-corrected chi connectivity index (χ3v) is 3.68. The standard InChI is InChI=1S/C14H16N2O2S/c15-14(18)12-5-13(19-9-12)7-16-6-10-2-1-3-11(4-10)8-17/h1-5,9,16-17H,6-8H2,(H2,15,18). The van der Waals surface area contributed by atoms with Crippen molar-refractivity contribution in [2.24, 2.45) is 5.73 Å². The van der Waals surface area contributed by atoms with Gasteiger partial charge in [0.25, 0.3) is 0 Å². The average molecular weight is 276 g/mol. The Balaban J connectivity index is 1.86.